The van der Waals surface area contributed by atoms with Crippen LogP contribution in [0.5, 0.6) is 0 Å². The molecule has 0 spiro atoms. The Balaban J connectivity index is 2.02. The lowest BCUT2D eigenvalue weighted by atomic mass is 9.68. The van der Waals surface area contributed by atoms with Crippen LogP contribution >= 0.6 is 0 Å². The van der Waals surface area contributed by atoms with Crippen molar-refractivity contribution in [2.24, 2.45) is 23.0 Å². The van der Waals surface area contributed by atoms with E-state index in [1.807, 2.05) is 0 Å². The average molecular weight is 280 g/mol. The molecule has 3 nitrogen and oxygen atoms in total. The number of carbonyl (C=O) groups is 1. The summed E-state index contributed by atoms with van der Waals surface area (Å²) in [5, 5.41) is 3.36. The van der Waals surface area contributed by atoms with Gasteiger partial charge in [-0.2, -0.15) is 0 Å². The van der Waals surface area contributed by atoms with Gasteiger partial charge in [0.1, 0.15) is 0 Å². The third-order valence-electron chi connectivity index (χ3n) is 5.83. The fourth-order valence-electron chi connectivity index (χ4n) is 4.02. The number of hydrogen-bond donors (Lipinski definition) is 2. The Hall–Kier alpha value is -0.570. The minimum atomic E-state index is -0.128. The molecule has 0 aromatic rings. The number of rotatable bonds is 3. The van der Waals surface area contributed by atoms with Gasteiger partial charge in [-0.15, -0.1) is 0 Å². The number of nitrogens with two attached hydrogens (primary N) is 1. The second-order valence-electron chi connectivity index (χ2n) is 7.94. The summed E-state index contributed by atoms with van der Waals surface area (Å²) < 4.78 is 0. The highest BCUT2D eigenvalue weighted by Gasteiger charge is 2.41. The van der Waals surface area contributed by atoms with Crippen LogP contribution < -0.4 is 11.1 Å². The molecule has 0 aliphatic heterocycles. The molecule has 0 bridgehead atoms. The number of amides is 1. The van der Waals surface area contributed by atoms with E-state index in [-0.39, 0.29) is 22.8 Å². The molecule has 1 amide bonds. The second-order valence-corrected chi connectivity index (χ2v) is 7.94. The zero-order chi connectivity index (χ0) is 14.8. The fraction of sp³-hybridized carbons (Fsp3) is 0.941. The van der Waals surface area contributed by atoms with Gasteiger partial charge in [-0.1, -0.05) is 33.6 Å². The Morgan fingerprint density at radius 1 is 1.15 bits per heavy atom. The van der Waals surface area contributed by atoms with Crippen LogP contribution in [-0.4, -0.2) is 18.0 Å². The van der Waals surface area contributed by atoms with Crippen LogP contribution in [-0.2, 0) is 4.79 Å². The topological polar surface area (TPSA) is 55.1 Å². The molecule has 2 aliphatic carbocycles. The van der Waals surface area contributed by atoms with Crippen LogP contribution in [0.2, 0.25) is 0 Å². The Labute approximate surface area is 124 Å². The van der Waals surface area contributed by atoms with Gasteiger partial charge in [-0.05, 0) is 49.9 Å². The van der Waals surface area contributed by atoms with Gasteiger partial charge < -0.3 is 11.1 Å². The van der Waals surface area contributed by atoms with Crippen molar-refractivity contribution < 1.29 is 4.79 Å². The van der Waals surface area contributed by atoms with E-state index < -0.39 is 0 Å². The highest BCUT2D eigenvalue weighted by Crippen LogP contribution is 2.41. The first kappa shape index (κ1) is 15.8. The van der Waals surface area contributed by atoms with Crippen LogP contribution in [0, 0.1) is 17.3 Å². The molecule has 2 fully saturated rings. The van der Waals surface area contributed by atoms with Gasteiger partial charge in [0.25, 0.3) is 0 Å². The monoisotopic (exact) mass is 280 g/mol. The van der Waals surface area contributed by atoms with Gasteiger partial charge in [0.15, 0.2) is 0 Å². The summed E-state index contributed by atoms with van der Waals surface area (Å²) in [5.74, 6) is 1.20. The molecule has 2 rings (SSSR count). The lowest BCUT2D eigenvalue weighted by Gasteiger charge is -2.43. The zero-order valence-corrected chi connectivity index (χ0v) is 13.5. The third kappa shape index (κ3) is 3.36. The predicted octanol–water partition coefficient (Wildman–Crippen LogP) is 3.23. The van der Waals surface area contributed by atoms with Gasteiger partial charge in [-0.3, -0.25) is 4.79 Å². The molecule has 3 N–H and O–H groups in total. The van der Waals surface area contributed by atoms with Gasteiger partial charge >= 0.3 is 0 Å². The summed E-state index contributed by atoms with van der Waals surface area (Å²) in [5.41, 5.74) is 6.03. The van der Waals surface area contributed by atoms with E-state index in [9.17, 15) is 4.79 Å². The van der Waals surface area contributed by atoms with E-state index in [1.54, 1.807) is 0 Å². The van der Waals surface area contributed by atoms with Gasteiger partial charge in [0.05, 0.1) is 5.54 Å². The molecule has 20 heavy (non-hydrogen) atoms. The summed E-state index contributed by atoms with van der Waals surface area (Å²) in [6, 6.07) is 0. The first-order chi connectivity index (χ1) is 9.38. The summed E-state index contributed by atoms with van der Waals surface area (Å²) >= 11 is 0. The Morgan fingerprint density at radius 2 is 1.80 bits per heavy atom. The average Bonchev–Trinajstić information content (AvgIpc) is 2.41. The van der Waals surface area contributed by atoms with Crippen molar-refractivity contribution in [3.63, 3.8) is 0 Å². The van der Waals surface area contributed by atoms with Crippen LogP contribution in [0.15, 0.2) is 0 Å². The van der Waals surface area contributed by atoms with Crippen LogP contribution in [0.4, 0.5) is 0 Å². The maximum Gasteiger partial charge on any atom is 0.224 e. The van der Waals surface area contributed by atoms with Crippen molar-refractivity contribution in [2.45, 2.75) is 77.7 Å². The van der Waals surface area contributed by atoms with Crippen molar-refractivity contribution in [2.75, 3.05) is 6.54 Å². The van der Waals surface area contributed by atoms with Gasteiger partial charge in [0, 0.05) is 12.5 Å². The Bertz CT molecular complexity index is 343. The van der Waals surface area contributed by atoms with Crippen LogP contribution in [0.3, 0.4) is 0 Å². The fourth-order valence-corrected chi connectivity index (χ4v) is 4.02. The summed E-state index contributed by atoms with van der Waals surface area (Å²) in [7, 11) is 0. The number of hydrogen-bond acceptors (Lipinski definition) is 2. The third-order valence-corrected chi connectivity index (χ3v) is 5.83. The Morgan fingerprint density at radius 3 is 2.35 bits per heavy atom. The van der Waals surface area contributed by atoms with Gasteiger partial charge in [-0.25, -0.2) is 0 Å². The SMILES string of the molecule is CC1CCC(CN)(NC(=O)C2CCCCC2(C)C)CC1. The maximum absolute atomic E-state index is 12.8. The number of nitrogens with one attached hydrogen (secondary N) is 1. The normalized spacial score (nSPS) is 37.4. The van der Waals surface area contributed by atoms with Crippen LogP contribution in [0.25, 0.3) is 0 Å². The lowest BCUT2D eigenvalue weighted by Crippen LogP contribution is -2.58. The molecule has 1 unspecified atom stereocenters. The zero-order valence-electron chi connectivity index (χ0n) is 13.5. The minimum Gasteiger partial charge on any atom is -0.349 e. The molecule has 2 aliphatic rings. The van der Waals surface area contributed by atoms with Crippen molar-refractivity contribution >= 4 is 5.91 Å². The summed E-state index contributed by atoms with van der Waals surface area (Å²) in [6.07, 6.45) is 9.11. The molecule has 0 radical (unpaired) electrons. The van der Waals surface area contributed by atoms with Crippen molar-refractivity contribution in [3.05, 3.63) is 0 Å². The van der Waals surface area contributed by atoms with Crippen molar-refractivity contribution in [3.8, 4) is 0 Å². The smallest absolute Gasteiger partial charge is 0.224 e. The molecule has 116 valence electrons. The first-order valence-corrected chi connectivity index (χ1v) is 8.41. The molecule has 0 saturated heterocycles. The number of carbonyl (C=O) groups excluding carboxylic acids is 1. The minimum absolute atomic E-state index is 0.128. The summed E-state index contributed by atoms with van der Waals surface area (Å²) in [6.45, 7) is 7.37. The van der Waals surface area contributed by atoms with E-state index in [1.165, 1.54) is 25.7 Å². The van der Waals surface area contributed by atoms with E-state index in [4.69, 9.17) is 5.73 Å². The van der Waals surface area contributed by atoms with Gasteiger partial charge in [0.2, 0.25) is 5.91 Å². The van der Waals surface area contributed by atoms with Crippen molar-refractivity contribution in [1.82, 2.24) is 5.32 Å². The van der Waals surface area contributed by atoms with E-state index in [2.05, 4.69) is 26.1 Å². The predicted molar refractivity (Wildman–Crippen MR) is 83.3 cm³/mol. The standard InChI is InChI=1S/C17H32N2O/c1-13-7-10-17(12-18,11-8-13)19-15(20)14-6-4-5-9-16(14,2)3/h13-14H,4-12,18H2,1-3H3,(H,19,20). The van der Waals surface area contributed by atoms with E-state index >= 15 is 0 Å². The molecule has 0 aromatic heterocycles. The van der Waals surface area contributed by atoms with E-state index in [0.29, 0.717) is 6.54 Å². The largest absolute Gasteiger partial charge is 0.349 e. The molecule has 0 aromatic carbocycles. The molecule has 3 heteroatoms. The molecular weight excluding hydrogens is 248 g/mol. The quantitative estimate of drug-likeness (QED) is 0.834. The Kier molecular flexibility index (Phi) is 4.78. The first-order valence-electron chi connectivity index (χ1n) is 8.41. The maximum atomic E-state index is 12.8. The van der Waals surface area contributed by atoms with Crippen molar-refractivity contribution in [1.29, 1.82) is 0 Å². The van der Waals surface area contributed by atoms with Crippen LogP contribution in [0.1, 0.15) is 72.1 Å². The molecule has 0 heterocycles. The summed E-state index contributed by atoms with van der Waals surface area (Å²) in [4.78, 5) is 12.8. The lowest BCUT2D eigenvalue weighted by molar-refractivity contribution is -0.132. The molecule has 2 saturated carbocycles. The van der Waals surface area contributed by atoms with E-state index in [0.717, 1.165) is 31.6 Å². The molecule has 1 atom stereocenters. The highest BCUT2D eigenvalue weighted by atomic mass is 16.2. The highest BCUT2D eigenvalue weighted by molar-refractivity contribution is 5.80. The molecular formula is C17H32N2O. The second kappa shape index (κ2) is 6.05.